The maximum Gasteiger partial charge on any atom is -0.147 e. The van der Waals surface area contributed by atoms with Gasteiger partial charge in [0.1, 0.15) is 0 Å². The van der Waals surface area contributed by atoms with E-state index in [0.29, 0.717) is 15.6 Å². The molecule has 7 rings (SSSR count). The Bertz CT molecular complexity index is 2120. The Morgan fingerprint density at radius 1 is 0.760 bits per heavy atom. The van der Waals surface area contributed by atoms with Crippen LogP contribution < -0.4 is 4.90 Å². The predicted octanol–water partition coefficient (Wildman–Crippen LogP) is 12.6. The summed E-state index contributed by atoms with van der Waals surface area (Å²) in [6, 6.07) is 36.6. The first-order valence-corrected chi connectivity index (χ1v) is 31.3. The van der Waals surface area contributed by atoms with Crippen LogP contribution in [0.3, 0.4) is 0 Å². The summed E-state index contributed by atoms with van der Waals surface area (Å²) in [5.74, 6) is 0.456. The molecule has 0 bridgehead atoms. The fourth-order valence-electron chi connectivity index (χ4n) is 9.01. The van der Waals surface area contributed by atoms with Crippen LogP contribution in [0.2, 0.25) is 9.26 Å². The molecule has 1 nitrogen and oxygen atoms in total. The van der Waals surface area contributed by atoms with Crippen LogP contribution >= 0.6 is 24.8 Å². The van der Waals surface area contributed by atoms with E-state index in [-0.39, 0.29) is 30.2 Å². The van der Waals surface area contributed by atoms with Crippen molar-refractivity contribution in [2.45, 2.75) is 72.8 Å². The van der Waals surface area contributed by atoms with E-state index in [2.05, 4.69) is 185 Å². The molecule has 4 aromatic rings. The number of anilines is 1. The van der Waals surface area contributed by atoms with Crippen molar-refractivity contribution in [3.63, 3.8) is 0 Å². The smallest absolute Gasteiger partial charge is 0.147 e. The van der Waals surface area contributed by atoms with Gasteiger partial charge in [-0.2, -0.15) is 0 Å². The zero-order valence-electron chi connectivity index (χ0n) is 31.2. The van der Waals surface area contributed by atoms with E-state index in [9.17, 15) is 0 Å². The van der Waals surface area contributed by atoms with Crippen LogP contribution in [0.5, 0.6) is 0 Å². The molecule has 0 saturated carbocycles. The Kier molecular flexibility index (Phi) is 10.6. The zero-order valence-corrected chi connectivity index (χ0v) is 36.7. The van der Waals surface area contributed by atoms with Crippen molar-refractivity contribution in [1.29, 1.82) is 0 Å². The minimum absolute atomic E-state index is 0. The van der Waals surface area contributed by atoms with Crippen molar-refractivity contribution in [3.8, 4) is 22.3 Å². The molecule has 260 valence electrons. The third-order valence-electron chi connectivity index (χ3n) is 11.1. The average Bonchev–Trinajstić information content (AvgIpc) is 3.69. The van der Waals surface area contributed by atoms with Crippen LogP contribution in [-0.2, 0) is 22.8 Å². The van der Waals surface area contributed by atoms with E-state index in [4.69, 9.17) is 0 Å². The Labute approximate surface area is 316 Å². The summed E-state index contributed by atoms with van der Waals surface area (Å²) in [5.41, 5.74) is 17.0. The molecule has 2 atom stereocenters. The molecule has 0 N–H and O–H groups in total. The van der Waals surface area contributed by atoms with E-state index < -0.39 is 17.4 Å². The molecule has 2 unspecified atom stereocenters. The molecule has 50 heavy (non-hydrogen) atoms. The number of benzene rings is 4. The van der Waals surface area contributed by atoms with Gasteiger partial charge in [-0.25, -0.2) is 0 Å². The van der Waals surface area contributed by atoms with Crippen molar-refractivity contribution < 1.29 is 17.4 Å². The van der Waals surface area contributed by atoms with Crippen molar-refractivity contribution in [3.05, 3.63) is 152 Å². The maximum atomic E-state index is 2.75. The van der Waals surface area contributed by atoms with Crippen LogP contribution in [-0.4, -0.2) is 12.9 Å². The molecule has 0 aromatic heterocycles. The molecule has 0 amide bonds. The molecule has 1 heterocycles. The largest absolute Gasteiger partial charge is 0.147 e. The van der Waals surface area contributed by atoms with E-state index in [1.165, 1.54) is 61.5 Å². The first-order valence-electron chi connectivity index (χ1n) is 17.8. The first-order chi connectivity index (χ1) is 22.6. The first kappa shape index (κ1) is 38.5. The number of rotatable bonds is 6. The second-order valence-electron chi connectivity index (χ2n) is 16.9. The van der Waals surface area contributed by atoms with Gasteiger partial charge < -0.3 is 0 Å². The van der Waals surface area contributed by atoms with Gasteiger partial charge in [0.25, 0.3) is 0 Å². The maximum absolute atomic E-state index is 3.85. The van der Waals surface area contributed by atoms with Crippen molar-refractivity contribution in [1.82, 2.24) is 0 Å². The summed E-state index contributed by atoms with van der Waals surface area (Å²) in [6.07, 6.45) is 7.71. The Morgan fingerprint density at radius 2 is 1.34 bits per heavy atom. The predicted molar refractivity (Wildman–Crippen MR) is 224 cm³/mol. The van der Waals surface area contributed by atoms with E-state index in [0.717, 1.165) is 0 Å². The monoisotopic (exact) mass is 795 g/mol. The van der Waals surface area contributed by atoms with Gasteiger partial charge in [-0.1, -0.05) is 0 Å². The quantitative estimate of drug-likeness (QED) is 0.176. The van der Waals surface area contributed by atoms with Gasteiger partial charge in [0, 0.05) is 0 Å². The number of fused-ring (bicyclic) bond motifs is 2. The molecule has 0 saturated heterocycles. The Hall–Kier alpha value is -2.68. The van der Waals surface area contributed by atoms with E-state index in [1.807, 2.05) is 0 Å². The molecular weight excluding hydrogens is 745 g/mol. The molecule has 1 aliphatic heterocycles. The number of hydrogen-bond acceptors (Lipinski definition) is 1. The normalized spacial score (nSPS) is 18.6. The number of nitrogens with zero attached hydrogens (tertiary/aromatic N) is 1. The summed E-state index contributed by atoms with van der Waals surface area (Å²) < 4.78 is 7.64. The standard InChI is InChI=1S/C22H17.C21H26N.2CH3.2ClH.H2Si.Zr/c1-16-12-20-14-19(17-8-4-2-5-9-17)15-22(21(20)13-16)18-10-6-3-7-11-18;1-14(2)16-12-17-11-15(3)22(20(17)13-16)19-9-7-18(8-10-19)21(4,5)6;;;;;;/h2-15H,1H3;7-11,13-15H,1-6H3;2*1H3;2*1H;1H2;. The molecular formula is C45H53Cl2NSiZr. The van der Waals surface area contributed by atoms with Crippen LogP contribution in [0.25, 0.3) is 28.3 Å². The fourth-order valence-corrected chi connectivity index (χ4v) is 28.0. The van der Waals surface area contributed by atoms with Gasteiger partial charge in [0.2, 0.25) is 0 Å². The van der Waals surface area contributed by atoms with Crippen LogP contribution in [0.15, 0.2) is 135 Å². The molecule has 0 spiro atoms. The summed E-state index contributed by atoms with van der Waals surface area (Å²) in [7, 11) is 0. The van der Waals surface area contributed by atoms with Crippen LogP contribution in [0.1, 0.15) is 68.8 Å². The third kappa shape index (κ3) is 6.47. The minimum atomic E-state index is -3.85. The summed E-state index contributed by atoms with van der Waals surface area (Å²) in [4.78, 5) is 2.60. The SMILES string of the molecule is CC1=Cc2c(-c3ccccc3)cc(-c3ccccc3)cc2[CH]1[Zr]([CH3])([CH3])(=[SiH2])[C]1=C(C(C)C)C=C2C1=CC(C)N2c1ccc(C(C)(C)C)cc1.Cl.Cl. The second kappa shape index (κ2) is 13.7. The van der Waals surface area contributed by atoms with Gasteiger partial charge in [0.05, 0.1) is 0 Å². The summed E-state index contributed by atoms with van der Waals surface area (Å²) in [6.45, 7) is 18.9. The molecule has 2 aliphatic carbocycles. The zero-order chi connectivity index (χ0) is 34.2. The number of hydrogen-bond donors (Lipinski definition) is 0. The molecule has 0 radical (unpaired) electrons. The Morgan fingerprint density at radius 3 is 1.90 bits per heavy atom. The van der Waals surface area contributed by atoms with Crippen molar-refractivity contribution >= 4 is 43.5 Å². The van der Waals surface area contributed by atoms with Gasteiger partial charge in [-0.05, 0) is 0 Å². The molecule has 0 fully saturated rings. The van der Waals surface area contributed by atoms with Gasteiger partial charge in [-0.15, -0.1) is 24.8 Å². The van der Waals surface area contributed by atoms with E-state index >= 15 is 0 Å². The van der Waals surface area contributed by atoms with Crippen LogP contribution in [0, 0.1) is 5.92 Å². The number of allylic oxidation sites excluding steroid dienone is 4. The Balaban J connectivity index is 0.00000243. The third-order valence-corrected chi connectivity index (χ3v) is 27.5. The van der Waals surface area contributed by atoms with Crippen molar-refractivity contribution in [2.24, 2.45) is 5.92 Å². The van der Waals surface area contributed by atoms with Crippen molar-refractivity contribution in [2.75, 3.05) is 4.90 Å². The van der Waals surface area contributed by atoms with E-state index in [1.54, 1.807) is 8.85 Å². The molecule has 3 aliphatic rings. The van der Waals surface area contributed by atoms with Gasteiger partial charge >= 0.3 is 294 Å². The topological polar surface area (TPSA) is 3.24 Å². The number of halogens is 2. The fraction of sp³-hybridized carbons (Fsp3) is 0.289. The minimum Gasteiger partial charge on any atom is -0.147 e. The summed E-state index contributed by atoms with van der Waals surface area (Å²) >= 11 is -3.85. The molecule has 4 aromatic carbocycles. The second-order valence-corrected chi connectivity index (χ2v) is 46.2. The molecule has 5 heteroatoms. The van der Waals surface area contributed by atoms with Gasteiger partial charge in [0.15, 0.2) is 0 Å². The van der Waals surface area contributed by atoms with Gasteiger partial charge in [-0.3, -0.25) is 0 Å². The average molecular weight is 798 g/mol. The van der Waals surface area contributed by atoms with Crippen LogP contribution in [0.4, 0.5) is 5.69 Å². The summed E-state index contributed by atoms with van der Waals surface area (Å²) in [5, 5.41) is 0.